The molecular weight excluding hydrogens is 354 g/mol. The molecule has 26 heavy (non-hydrogen) atoms. The van der Waals surface area contributed by atoms with E-state index >= 15 is 0 Å². The fraction of sp³-hybridized carbons (Fsp3) is 0.412. The zero-order valence-corrected chi connectivity index (χ0v) is 15.4. The van der Waals surface area contributed by atoms with Crippen molar-refractivity contribution in [3.8, 4) is 0 Å². The quantitative estimate of drug-likeness (QED) is 0.581. The zero-order chi connectivity index (χ0) is 18.6. The molecular formula is C17H23N5O3S. The standard InChI is InChI=1S/C17H23N5O3S/c1-22-12-13(9-20-22)15-10-18-11-16(15)17(23)19-7-8-21-26(24,25)14-5-3-2-4-6-14/h2-6,9,12,15-16,18,21H,7-8,10-11H2,1H3,(H,19,23)/t15-,16+/m1/s1. The fourth-order valence-corrected chi connectivity index (χ4v) is 4.17. The van der Waals surface area contributed by atoms with Gasteiger partial charge in [0.1, 0.15) is 0 Å². The van der Waals surface area contributed by atoms with Crippen LogP contribution in [0.3, 0.4) is 0 Å². The van der Waals surface area contributed by atoms with Crippen molar-refractivity contribution >= 4 is 15.9 Å². The lowest BCUT2D eigenvalue weighted by Gasteiger charge is -2.17. The van der Waals surface area contributed by atoms with Crippen LogP contribution in [0.25, 0.3) is 0 Å². The van der Waals surface area contributed by atoms with Gasteiger partial charge in [-0.15, -0.1) is 0 Å². The highest BCUT2D eigenvalue weighted by Crippen LogP contribution is 2.27. The molecule has 9 heteroatoms. The smallest absolute Gasteiger partial charge is 0.240 e. The largest absolute Gasteiger partial charge is 0.354 e. The summed E-state index contributed by atoms with van der Waals surface area (Å²) in [5.41, 5.74) is 1.03. The van der Waals surface area contributed by atoms with E-state index in [1.807, 2.05) is 13.2 Å². The van der Waals surface area contributed by atoms with E-state index in [0.29, 0.717) is 6.54 Å². The molecule has 0 unspecified atom stereocenters. The molecule has 3 rings (SSSR count). The third kappa shape index (κ3) is 4.29. The molecule has 1 fully saturated rings. The van der Waals surface area contributed by atoms with Crippen LogP contribution in [0, 0.1) is 5.92 Å². The SMILES string of the molecule is Cn1cc([C@H]2CNC[C@@H]2C(=O)NCCNS(=O)(=O)c2ccccc2)cn1. The van der Waals surface area contributed by atoms with Gasteiger partial charge in [0.05, 0.1) is 17.0 Å². The summed E-state index contributed by atoms with van der Waals surface area (Å²) in [4.78, 5) is 12.7. The number of benzene rings is 1. The van der Waals surface area contributed by atoms with Crippen LogP contribution < -0.4 is 15.4 Å². The number of hydrogen-bond donors (Lipinski definition) is 3. The van der Waals surface area contributed by atoms with Crippen LogP contribution in [0.1, 0.15) is 11.5 Å². The van der Waals surface area contributed by atoms with Crippen molar-refractivity contribution in [1.82, 2.24) is 25.1 Å². The molecule has 1 aromatic carbocycles. The average molecular weight is 377 g/mol. The van der Waals surface area contributed by atoms with Gasteiger partial charge in [-0.25, -0.2) is 13.1 Å². The van der Waals surface area contributed by atoms with Gasteiger partial charge in [0.2, 0.25) is 15.9 Å². The van der Waals surface area contributed by atoms with Crippen LogP contribution in [-0.2, 0) is 21.9 Å². The van der Waals surface area contributed by atoms with Gasteiger partial charge >= 0.3 is 0 Å². The molecule has 8 nitrogen and oxygen atoms in total. The van der Waals surface area contributed by atoms with E-state index in [1.54, 1.807) is 29.1 Å². The maximum Gasteiger partial charge on any atom is 0.240 e. The number of aryl methyl sites for hydroxylation is 1. The van der Waals surface area contributed by atoms with Gasteiger partial charge in [-0.3, -0.25) is 9.48 Å². The van der Waals surface area contributed by atoms with E-state index in [9.17, 15) is 13.2 Å². The Bertz CT molecular complexity index is 850. The molecule has 1 amide bonds. The molecule has 0 bridgehead atoms. The number of sulfonamides is 1. The summed E-state index contributed by atoms with van der Waals surface area (Å²) in [6.07, 6.45) is 3.71. The fourth-order valence-electron chi connectivity index (χ4n) is 3.12. The van der Waals surface area contributed by atoms with Crippen molar-refractivity contribution < 1.29 is 13.2 Å². The van der Waals surface area contributed by atoms with E-state index in [4.69, 9.17) is 0 Å². The molecule has 0 radical (unpaired) electrons. The Kier molecular flexibility index (Phi) is 5.70. The predicted molar refractivity (Wildman–Crippen MR) is 96.9 cm³/mol. The van der Waals surface area contributed by atoms with Gasteiger partial charge in [-0.1, -0.05) is 18.2 Å². The molecule has 0 saturated carbocycles. The first-order valence-corrected chi connectivity index (χ1v) is 9.97. The van der Waals surface area contributed by atoms with Crippen molar-refractivity contribution in [3.63, 3.8) is 0 Å². The lowest BCUT2D eigenvalue weighted by Crippen LogP contribution is -2.39. The second-order valence-electron chi connectivity index (χ2n) is 6.32. The Morgan fingerprint density at radius 3 is 2.73 bits per heavy atom. The van der Waals surface area contributed by atoms with Crippen molar-refractivity contribution in [1.29, 1.82) is 0 Å². The van der Waals surface area contributed by atoms with Crippen LogP contribution in [0.4, 0.5) is 0 Å². The van der Waals surface area contributed by atoms with E-state index in [1.165, 1.54) is 12.1 Å². The monoisotopic (exact) mass is 377 g/mol. The molecule has 3 N–H and O–H groups in total. The Morgan fingerprint density at radius 2 is 2.04 bits per heavy atom. The van der Waals surface area contributed by atoms with E-state index < -0.39 is 10.0 Å². The first-order chi connectivity index (χ1) is 12.5. The lowest BCUT2D eigenvalue weighted by atomic mass is 9.90. The van der Waals surface area contributed by atoms with E-state index in [-0.39, 0.29) is 35.7 Å². The van der Waals surface area contributed by atoms with Crippen molar-refractivity contribution in [3.05, 3.63) is 48.3 Å². The minimum Gasteiger partial charge on any atom is -0.354 e. The lowest BCUT2D eigenvalue weighted by molar-refractivity contribution is -0.124. The number of rotatable bonds is 7. The van der Waals surface area contributed by atoms with Crippen LogP contribution in [0.5, 0.6) is 0 Å². The van der Waals surface area contributed by atoms with Gasteiger partial charge in [0.25, 0.3) is 0 Å². The summed E-state index contributed by atoms with van der Waals surface area (Å²) >= 11 is 0. The number of hydrogen-bond acceptors (Lipinski definition) is 5. The van der Waals surface area contributed by atoms with Gasteiger partial charge < -0.3 is 10.6 Å². The highest BCUT2D eigenvalue weighted by Gasteiger charge is 2.34. The molecule has 2 atom stereocenters. The topological polar surface area (TPSA) is 105 Å². The highest BCUT2D eigenvalue weighted by atomic mass is 32.2. The molecule has 1 aliphatic heterocycles. The Labute approximate surface area is 153 Å². The number of amides is 1. The van der Waals surface area contributed by atoms with Gasteiger partial charge in [0, 0.05) is 45.3 Å². The molecule has 0 spiro atoms. The van der Waals surface area contributed by atoms with Crippen molar-refractivity contribution in [2.24, 2.45) is 13.0 Å². The Balaban J connectivity index is 1.50. The molecule has 1 aromatic heterocycles. The first-order valence-electron chi connectivity index (χ1n) is 8.49. The minimum absolute atomic E-state index is 0.0738. The van der Waals surface area contributed by atoms with Crippen LogP contribution in [-0.4, -0.2) is 50.3 Å². The predicted octanol–water partition coefficient (Wildman–Crippen LogP) is -0.182. The average Bonchev–Trinajstić information content (AvgIpc) is 3.28. The number of aromatic nitrogens is 2. The van der Waals surface area contributed by atoms with Gasteiger partial charge in [-0.05, 0) is 17.7 Å². The van der Waals surface area contributed by atoms with Crippen molar-refractivity contribution in [2.75, 3.05) is 26.2 Å². The maximum atomic E-state index is 12.5. The van der Waals surface area contributed by atoms with Crippen LogP contribution >= 0.6 is 0 Å². The number of nitrogens with zero attached hydrogens (tertiary/aromatic N) is 2. The van der Waals surface area contributed by atoms with Crippen LogP contribution in [0.15, 0.2) is 47.6 Å². The molecule has 1 aliphatic rings. The normalized spacial score (nSPS) is 20.2. The summed E-state index contributed by atoms with van der Waals surface area (Å²) in [6.45, 7) is 1.70. The van der Waals surface area contributed by atoms with Gasteiger partial charge in [-0.2, -0.15) is 5.10 Å². The molecule has 140 valence electrons. The van der Waals surface area contributed by atoms with Gasteiger partial charge in [0.15, 0.2) is 0 Å². The number of carbonyl (C=O) groups excluding carboxylic acids is 1. The highest BCUT2D eigenvalue weighted by molar-refractivity contribution is 7.89. The second-order valence-corrected chi connectivity index (χ2v) is 8.09. The summed E-state index contributed by atoms with van der Waals surface area (Å²) in [5, 5.41) is 10.2. The second kappa shape index (κ2) is 7.98. The third-order valence-corrected chi connectivity index (χ3v) is 5.95. The molecule has 1 saturated heterocycles. The summed E-state index contributed by atoms with van der Waals surface area (Å²) in [7, 11) is -1.71. The number of carbonyl (C=O) groups is 1. The zero-order valence-electron chi connectivity index (χ0n) is 14.6. The molecule has 2 heterocycles. The Morgan fingerprint density at radius 1 is 1.27 bits per heavy atom. The number of nitrogens with one attached hydrogen (secondary N) is 3. The Hall–Kier alpha value is -2.23. The van der Waals surface area contributed by atoms with Crippen LogP contribution in [0.2, 0.25) is 0 Å². The minimum atomic E-state index is -3.55. The summed E-state index contributed by atoms with van der Waals surface area (Å²) < 4.78 is 28.5. The van der Waals surface area contributed by atoms with E-state index in [0.717, 1.165) is 12.1 Å². The molecule has 0 aliphatic carbocycles. The third-order valence-electron chi connectivity index (χ3n) is 4.47. The maximum absolute atomic E-state index is 12.5. The van der Waals surface area contributed by atoms with Crippen molar-refractivity contribution in [2.45, 2.75) is 10.8 Å². The van der Waals surface area contributed by atoms with E-state index in [2.05, 4.69) is 20.5 Å². The summed E-state index contributed by atoms with van der Waals surface area (Å²) in [6, 6.07) is 8.16. The summed E-state index contributed by atoms with van der Waals surface area (Å²) in [5.74, 6) is -0.197. The molecule has 2 aromatic rings. The first kappa shape index (κ1) is 18.6.